The van der Waals surface area contributed by atoms with Crippen LogP contribution in [0.25, 0.3) is 10.4 Å². The minimum Gasteiger partial charge on any atom is -0.489 e. The lowest BCUT2D eigenvalue weighted by Gasteiger charge is -2.65. The Balaban J connectivity index is 0.785. The average Bonchev–Trinajstić information content (AvgIpc) is 4.03. The van der Waals surface area contributed by atoms with E-state index in [1.54, 1.807) is 29.5 Å². The van der Waals surface area contributed by atoms with E-state index in [4.69, 9.17) is 21.1 Å². The minimum atomic E-state index is -0.960. The molecule has 2 saturated heterocycles. The highest BCUT2D eigenvalue weighted by Crippen LogP contribution is 2.59. The molecule has 1 saturated carbocycles. The highest BCUT2D eigenvalue weighted by molar-refractivity contribution is 7.13. The second kappa shape index (κ2) is 20.5. The van der Waals surface area contributed by atoms with Crippen molar-refractivity contribution in [3.63, 3.8) is 0 Å². The molecule has 4 aliphatic rings. The molecule has 8 rings (SSSR count). The molecule has 4 heterocycles. The molecular weight excluding hydrogens is 940 g/mol. The Bertz CT molecular complexity index is 2670. The Morgan fingerprint density at radius 1 is 1.00 bits per heavy atom. The normalized spacial score (nSPS) is 22.6. The number of hydrogen-bond donors (Lipinski definition) is 3. The van der Waals surface area contributed by atoms with Crippen LogP contribution in [0, 0.1) is 34.5 Å². The molecule has 17 heteroatoms. The van der Waals surface area contributed by atoms with Gasteiger partial charge in [0.15, 0.2) is 0 Å². The number of benzene rings is 3. The summed E-state index contributed by atoms with van der Waals surface area (Å²) in [6.07, 6.45) is -0.973. The maximum absolute atomic E-state index is 14.2. The number of fused-ring (bicyclic) bond motifs is 1. The first-order valence-electron chi connectivity index (χ1n) is 24.5. The molecule has 1 aromatic heterocycles. The number of aliphatic hydroxyl groups excluding tert-OH is 1. The van der Waals surface area contributed by atoms with Crippen molar-refractivity contribution in [2.45, 2.75) is 112 Å². The monoisotopic (exact) mass is 1010 g/mol. The summed E-state index contributed by atoms with van der Waals surface area (Å²) in [7, 11) is 0. The molecule has 4 atom stereocenters. The van der Waals surface area contributed by atoms with Gasteiger partial charge in [0.1, 0.15) is 36.6 Å². The molecule has 15 nitrogen and oxygen atoms in total. The number of β-amino-alcohol motifs (C(OH)–C–C–N with tert-alkyl or cyclic N) is 1. The van der Waals surface area contributed by atoms with Gasteiger partial charge >= 0.3 is 0 Å². The SMILES string of the molecule is Cc1ncsc1-c1ccc([C@H](C)NC(=O)C2C[C@@H](O)CN2C(=O)[C@@H](NC(=O)COCCN2CCN(c3ccc4c(c3)CN([C@H]3C(C)(C)[C@H](Oc5ccc(C#N)c(Cl)c5)C3(C)C)C4=O)CC2)C(C)(C)C)cc1. The van der Waals surface area contributed by atoms with Crippen molar-refractivity contribution >= 4 is 52.3 Å². The van der Waals surface area contributed by atoms with Crippen molar-refractivity contribution < 1.29 is 33.8 Å². The molecular formula is C54H67ClN8O7S. The van der Waals surface area contributed by atoms with E-state index < -0.39 is 35.4 Å². The van der Waals surface area contributed by atoms with E-state index in [0.717, 1.165) is 64.7 Å². The largest absolute Gasteiger partial charge is 0.489 e. The first-order chi connectivity index (χ1) is 33.6. The molecule has 4 amide bonds. The second-order valence-electron chi connectivity index (χ2n) is 21.8. The number of rotatable bonds is 15. The fourth-order valence-corrected chi connectivity index (χ4v) is 12.6. The molecule has 1 unspecified atom stereocenters. The van der Waals surface area contributed by atoms with Crippen LogP contribution in [0.1, 0.15) is 101 Å². The van der Waals surface area contributed by atoms with Crippen LogP contribution in [0.5, 0.6) is 5.75 Å². The Kier molecular flexibility index (Phi) is 15.0. The number of carbonyl (C=O) groups is 4. The third kappa shape index (κ3) is 10.7. The van der Waals surface area contributed by atoms with Gasteiger partial charge in [0.05, 0.1) is 45.4 Å². The number of aromatic nitrogens is 1. The van der Waals surface area contributed by atoms with Gasteiger partial charge in [0, 0.05) is 86.4 Å². The Labute approximate surface area is 426 Å². The van der Waals surface area contributed by atoms with Crippen LogP contribution in [0.15, 0.2) is 66.2 Å². The molecule has 378 valence electrons. The van der Waals surface area contributed by atoms with Crippen molar-refractivity contribution in [2.75, 3.05) is 57.4 Å². The van der Waals surface area contributed by atoms with E-state index in [1.165, 1.54) is 4.90 Å². The van der Waals surface area contributed by atoms with E-state index >= 15 is 0 Å². The van der Waals surface area contributed by atoms with Gasteiger partial charge in [-0.1, -0.05) is 84.3 Å². The van der Waals surface area contributed by atoms with Crippen molar-refractivity contribution in [1.29, 1.82) is 5.26 Å². The number of aryl methyl sites for hydroxylation is 1. The summed E-state index contributed by atoms with van der Waals surface area (Å²) in [5.41, 5.74) is 6.54. The van der Waals surface area contributed by atoms with Crippen molar-refractivity contribution in [2.24, 2.45) is 16.2 Å². The second-order valence-corrected chi connectivity index (χ2v) is 23.1. The zero-order valence-electron chi connectivity index (χ0n) is 42.3. The van der Waals surface area contributed by atoms with Crippen molar-refractivity contribution in [3.05, 3.63) is 99.1 Å². The van der Waals surface area contributed by atoms with E-state index in [1.807, 2.05) is 81.4 Å². The number of amides is 4. The van der Waals surface area contributed by atoms with Crippen LogP contribution >= 0.6 is 22.9 Å². The zero-order valence-corrected chi connectivity index (χ0v) is 43.8. The van der Waals surface area contributed by atoms with Gasteiger partial charge in [-0.05, 0) is 66.3 Å². The molecule has 3 aromatic carbocycles. The first-order valence-corrected chi connectivity index (χ1v) is 25.8. The molecule has 0 bridgehead atoms. The Morgan fingerprint density at radius 2 is 1.70 bits per heavy atom. The van der Waals surface area contributed by atoms with E-state index in [0.29, 0.717) is 36.0 Å². The van der Waals surface area contributed by atoms with Crippen molar-refractivity contribution in [1.82, 2.24) is 30.3 Å². The van der Waals surface area contributed by atoms with Gasteiger partial charge in [0.25, 0.3) is 5.91 Å². The van der Waals surface area contributed by atoms with Gasteiger partial charge in [-0.3, -0.25) is 24.1 Å². The predicted octanol–water partition coefficient (Wildman–Crippen LogP) is 6.99. The molecule has 0 spiro atoms. The number of nitrogens with one attached hydrogen (secondary N) is 2. The number of anilines is 1. The molecule has 0 radical (unpaired) electrons. The fourth-order valence-electron chi connectivity index (χ4n) is 11.6. The smallest absolute Gasteiger partial charge is 0.254 e. The highest BCUT2D eigenvalue weighted by Gasteiger charge is 2.67. The quantitative estimate of drug-likeness (QED) is 0.105. The third-order valence-corrected chi connectivity index (χ3v) is 16.2. The summed E-state index contributed by atoms with van der Waals surface area (Å²) in [5, 5.41) is 26.3. The number of thiazole rings is 1. The Morgan fingerprint density at radius 3 is 2.34 bits per heavy atom. The van der Waals surface area contributed by atoms with Gasteiger partial charge in [-0.25, -0.2) is 4.98 Å². The lowest BCUT2D eigenvalue weighted by molar-refractivity contribution is -0.199. The number of piperazine rings is 1. The third-order valence-electron chi connectivity index (χ3n) is 14.9. The maximum atomic E-state index is 14.2. The van der Waals surface area contributed by atoms with Crippen LogP contribution < -0.4 is 20.3 Å². The lowest BCUT2D eigenvalue weighted by atomic mass is 9.49. The number of ether oxygens (including phenoxy) is 2. The van der Waals surface area contributed by atoms with Crippen LogP contribution in [0.2, 0.25) is 5.02 Å². The standard InChI is InChI=1S/C54H67ClN8O7S/c1-32(34-10-12-35(13-11-34)45-33(2)57-31-71-45)58-47(66)43-25-39(64)29-62(43)49(68)46(52(3,4)5)59-44(65)30-69-23-22-60-18-20-61(21-19-60)38-15-17-41-37(24-38)28-63(48(41)67)50-53(6,7)51(54(50,8)9)70-40-16-14-36(27-56)42(55)26-40/h10-17,24,26,31-32,39,43,46,50-51,64H,18-23,25,28-30H2,1-9H3,(H,58,66)(H,59,65)/t32-,39+,43?,46+,50-,51-/m0/s1. The number of nitriles is 1. The number of carbonyl (C=O) groups excluding carboxylic acids is 4. The van der Waals surface area contributed by atoms with Gasteiger partial charge < -0.3 is 39.9 Å². The number of likely N-dealkylation sites (tertiary alicyclic amines) is 1. The van der Waals surface area contributed by atoms with Crippen LogP contribution in [0.4, 0.5) is 5.69 Å². The number of halogens is 1. The number of nitrogens with zero attached hydrogens (tertiary/aromatic N) is 6. The van der Waals surface area contributed by atoms with Gasteiger partial charge in [-0.2, -0.15) is 5.26 Å². The molecule has 1 aliphatic carbocycles. The molecule has 3 fully saturated rings. The molecule has 3 aliphatic heterocycles. The number of aliphatic hydroxyl groups is 1. The summed E-state index contributed by atoms with van der Waals surface area (Å²) < 4.78 is 12.3. The summed E-state index contributed by atoms with van der Waals surface area (Å²) >= 11 is 7.89. The predicted molar refractivity (Wildman–Crippen MR) is 274 cm³/mol. The van der Waals surface area contributed by atoms with Crippen LogP contribution in [0.3, 0.4) is 0 Å². The highest BCUT2D eigenvalue weighted by atomic mass is 35.5. The minimum absolute atomic E-state index is 0.0142. The van der Waals surface area contributed by atoms with Crippen LogP contribution in [-0.2, 0) is 25.7 Å². The van der Waals surface area contributed by atoms with Crippen molar-refractivity contribution in [3.8, 4) is 22.3 Å². The maximum Gasteiger partial charge on any atom is 0.254 e. The molecule has 71 heavy (non-hydrogen) atoms. The summed E-state index contributed by atoms with van der Waals surface area (Å²) in [4.78, 5) is 68.6. The van der Waals surface area contributed by atoms with E-state index in [2.05, 4.69) is 65.2 Å². The molecule has 3 N–H and O–H groups in total. The summed E-state index contributed by atoms with van der Waals surface area (Å²) in [5.74, 6) is -0.599. The average molecular weight is 1010 g/mol. The number of hydrogen-bond acceptors (Lipinski definition) is 12. The van der Waals surface area contributed by atoms with Gasteiger partial charge in [-0.15, -0.1) is 11.3 Å². The lowest BCUT2D eigenvalue weighted by Crippen LogP contribution is -2.74. The fraction of sp³-hybridized carbons (Fsp3) is 0.519. The zero-order chi connectivity index (χ0) is 51.2. The van der Waals surface area contributed by atoms with E-state index in [-0.39, 0.29) is 60.4 Å². The topological polar surface area (TPSA) is 181 Å². The summed E-state index contributed by atoms with van der Waals surface area (Å²) in [6.45, 7) is 22.4. The van der Waals surface area contributed by atoms with Gasteiger partial charge in [0.2, 0.25) is 17.7 Å². The van der Waals surface area contributed by atoms with Crippen LogP contribution in [-0.4, -0.2) is 131 Å². The van der Waals surface area contributed by atoms with E-state index in [9.17, 15) is 29.5 Å². The molecule has 4 aromatic rings. The Hall–Kier alpha value is -5.57. The summed E-state index contributed by atoms with van der Waals surface area (Å²) in [6, 6.07) is 19.0. The first kappa shape index (κ1) is 51.8.